The lowest BCUT2D eigenvalue weighted by Crippen LogP contribution is -2.49. The zero-order valence-corrected chi connectivity index (χ0v) is 16.3. The molecule has 0 radical (unpaired) electrons. The summed E-state index contributed by atoms with van der Waals surface area (Å²) < 4.78 is 5.72. The Hall–Kier alpha value is -1.88. The Morgan fingerprint density at radius 2 is 1.96 bits per heavy atom. The molecule has 5 nitrogen and oxygen atoms in total. The Labute approximate surface area is 156 Å². The van der Waals surface area contributed by atoms with Crippen LogP contribution in [0.25, 0.3) is 0 Å². The average molecular weight is 358 g/mol. The fourth-order valence-corrected chi connectivity index (χ4v) is 3.97. The van der Waals surface area contributed by atoms with Crippen molar-refractivity contribution in [2.24, 2.45) is 5.41 Å². The van der Waals surface area contributed by atoms with Crippen molar-refractivity contribution in [3.63, 3.8) is 0 Å². The van der Waals surface area contributed by atoms with E-state index in [4.69, 9.17) is 4.74 Å². The zero-order chi connectivity index (χ0) is 18.9. The van der Waals surface area contributed by atoms with E-state index in [-0.39, 0.29) is 17.9 Å². The van der Waals surface area contributed by atoms with E-state index in [0.717, 1.165) is 5.56 Å². The fourth-order valence-electron chi connectivity index (χ4n) is 3.97. The van der Waals surface area contributed by atoms with Crippen LogP contribution < -0.4 is 0 Å². The first kappa shape index (κ1) is 18.9. The minimum Gasteiger partial charge on any atom is -0.373 e. The molecule has 26 heavy (non-hydrogen) atoms. The Bertz CT molecular complexity index is 668. The molecule has 2 fully saturated rings. The second-order valence-corrected chi connectivity index (χ2v) is 8.35. The minimum atomic E-state index is -0.128. The molecule has 1 aliphatic carbocycles. The van der Waals surface area contributed by atoms with Crippen LogP contribution in [-0.4, -0.2) is 61.0 Å². The van der Waals surface area contributed by atoms with Crippen molar-refractivity contribution in [3.05, 3.63) is 35.4 Å². The first-order chi connectivity index (χ1) is 12.3. The van der Waals surface area contributed by atoms with Crippen LogP contribution in [0.5, 0.6) is 0 Å². The summed E-state index contributed by atoms with van der Waals surface area (Å²) >= 11 is 0. The first-order valence-electron chi connectivity index (χ1n) is 9.50. The molecule has 2 aliphatic rings. The van der Waals surface area contributed by atoms with Crippen LogP contribution in [0.15, 0.2) is 24.3 Å². The smallest absolute Gasteiger partial charge is 0.254 e. The van der Waals surface area contributed by atoms with Gasteiger partial charge < -0.3 is 14.5 Å². The second-order valence-electron chi connectivity index (χ2n) is 8.35. The van der Waals surface area contributed by atoms with Crippen LogP contribution in [0.2, 0.25) is 0 Å². The molecule has 0 N–H and O–H groups in total. The Morgan fingerprint density at radius 3 is 2.50 bits per heavy atom. The van der Waals surface area contributed by atoms with Crippen molar-refractivity contribution in [2.45, 2.75) is 45.6 Å². The van der Waals surface area contributed by atoms with Gasteiger partial charge in [0, 0.05) is 39.2 Å². The number of benzene rings is 1. The number of hydrogen-bond donors (Lipinski definition) is 0. The van der Waals surface area contributed by atoms with E-state index in [1.54, 1.807) is 11.9 Å². The second kappa shape index (κ2) is 7.39. The van der Waals surface area contributed by atoms with Crippen molar-refractivity contribution >= 4 is 11.8 Å². The summed E-state index contributed by atoms with van der Waals surface area (Å²) in [6, 6.07) is 8.14. The number of morpholine rings is 1. The van der Waals surface area contributed by atoms with Gasteiger partial charge in [-0.25, -0.2) is 0 Å². The van der Waals surface area contributed by atoms with Gasteiger partial charge in [-0.05, 0) is 41.9 Å². The molecule has 2 unspecified atom stereocenters. The van der Waals surface area contributed by atoms with E-state index in [9.17, 15) is 9.59 Å². The number of carbonyl (C=O) groups excluding carboxylic acids is 2. The highest BCUT2D eigenvalue weighted by atomic mass is 16.5. The summed E-state index contributed by atoms with van der Waals surface area (Å²) in [5, 5.41) is 0. The summed E-state index contributed by atoms with van der Waals surface area (Å²) in [7, 11) is 1.76. The van der Waals surface area contributed by atoms with E-state index in [1.165, 1.54) is 25.3 Å². The van der Waals surface area contributed by atoms with Gasteiger partial charge in [0.1, 0.15) is 0 Å². The summed E-state index contributed by atoms with van der Waals surface area (Å²) in [5.41, 5.74) is 2.43. The number of rotatable bonds is 4. The van der Waals surface area contributed by atoms with Crippen LogP contribution in [-0.2, 0) is 9.53 Å². The van der Waals surface area contributed by atoms with Crippen LogP contribution >= 0.6 is 0 Å². The van der Waals surface area contributed by atoms with Gasteiger partial charge in [-0.1, -0.05) is 26.0 Å². The molecule has 0 aromatic heterocycles. The van der Waals surface area contributed by atoms with Crippen molar-refractivity contribution in [3.8, 4) is 0 Å². The topological polar surface area (TPSA) is 49.9 Å². The van der Waals surface area contributed by atoms with Crippen molar-refractivity contribution in [1.82, 2.24) is 9.80 Å². The number of carbonyl (C=O) groups is 2. The lowest BCUT2D eigenvalue weighted by atomic mass is 9.60. The molecule has 1 saturated heterocycles. The monoisotopic (exact) mass is 358 g/mol. The fraction of sp³-hybridized carbons (Fsp3) is 0.619. The van der Waals surface area contributed by atoms with Gasteiger partial charge in [0.05, 0.1) is 12.7 Å². The van der Waals surface area contributed by atoms with Crippen molar-refractivity contribution in [1.29, 1.82) is 0 Å². The van der Waals surface area contributed by atoms with Crippen LogP contribution in [0.3, 0.4) is 0 Å². The molecule has 142 valence electrons. The summed E-state index contributed by atoms with van der Waals surface area (Å²) in [6.07, 6.45) is 2.37. The van der Waals surface area contributed by atoms with Crippen LogP contribution in [0.1, 0.15) is 55.5 Å². The third-order valence-electron chi connectivity index (χ3n) is 6.02. The third-order valence-corrected chi connectivity index (χ3v) is 6.02. The molecule has 0 spiro atoms. The van der Waals surface area contributed by atoms with E-state index in [2.05, 4.69) is 26.0 Å². The molecule has 1 saturated carbocycles. The number of nitrogens with zero attached hydrogens (tertiary/aromatic N) is 2. The molecule has 0 bridgehead atoms. The lowest BCUT2D eigenvalue weighted by Gasteiger charge is -2.45. The predicted octanol–water partition coefficient (Wildman–Crippen LogP) is 2.91. The molecule has 2 amide bonds. The number of ether oxygens (including phenoxy) is 1. The highest BCUT2D eigenvalue weighted by Gasteiger charge is 2.39. The van der Waals surface area contributed by atoms with Gasteiger partial charge >= 0.3 is 0 Å². The van der Waals surface area contributed by atoms with Gasteiger partial charge in [0.15, 0.2) is 0 Å². The number of likely N-dealkylation sites (N-methyl/N-ethyl adjacent to an activating group) is 1. The molecular weight excluding hydrogens is 328 g/mol. The summed E-state index contributed by atoms with van der Waals surface area (Å²) in [6.45, 7) is 8.30. The van der Waals surface area contributed by atoms with Crippen molar-refractivity contribution < 1.29 is 14.3 Å². The maximum absolute atomic E-state index is 12.8. The van der Waals surface area contributed by atoms with Gasteiger partial charge in [0.2, 0.25) is 5.91 Å². The zero-order valence-electron chi connectivity index (χ0n) is 16.3. The third kappa shape index (κ3) is 3.93. The van der Waals surface area contributed by atoms with Gasteiger partial charge in [0.25, 0.3) is 5.91 Å². The Balaban J connectivity index is 1.62. The standard InChI is InChI=1S/C21H30N2O3/c1-15(24)22(4)13-18-14-23(11-12-26-18)20(25)17-7-5-16(6-8-17)19-9-10-21(19,2)3/h5-8,18-19H,9-14H2,1-4H3. The predicted molar refractivity (Wildman–Crippen MR) is 101 cm³/mol. The number of hydrogen-bond acceptors (Lipinski definition) is 3. The molecular formula is C21H30N2O3. The molecule has 1 aromatic rings. The van der Waals surface area contributed by atoms with E-state index in [1.807, 2.05) is 17.0 Å². The van der Waals surface area contributed by atoms with Gasteiger partial charge in [-0.3, -0.25) is 9.59 Å². The van der Waals surface area contributed by atoms with Gasteiger partial charge in [-0.2, -0.15) is 0 Å². The van der Waals surface area contributed by atoms with E-state index >= 15 is 0 Å². The van der Waals surface area contributed by atoms with Crippen LogP contribution in [0, 0.1) is 5.41 Å². The SMILES string of the molecule is CC(=O)N(C)CC1CN(C(=O)c2ccc(C3CCC3(C)C)cc2)CCO1. The number of amides is 2. The molecule has 5 heteroatoms. The molecule has 2 atom stereocenters. The maximum atomic E-state index is 12.8. The summed E-state index contributed by atoms with van der Waals surface area (Å²) in [4.78, 5) is 27.7. The first-order valence-corrected chi connectivity index (χ1v) is 9.50. The van der Waals surface area contributed by atoms with E-state index in [0.29, 0.717) is 37.6 Å². The highest BCUT2D eigenvalue weighted by molar-refractivity contribution is 5.94. The quantitative estimate of drug-likeness (QED) is 0.831. The molecule has 1 aliphatic heterocycles. The maximum Gasteiger partial charge on any atom is 0.254 e. The normalized spacial score (nSPS) is 24.7. The van der Waals surface area contributed by atoms with Gasteiger partial charge in [-0.15, -0.1) is 0 Å². The Kier molecular flexibility index (Phi) is 5.37. The Morgan fingerprint density at radius 1 is 1.27 bits per heavy atom. The largest absolute Gasteiger partial charge is 0.373 e. The van der Waals surface area contributed by atoms with Crippen molar-refractivity contribution in [2.75, 3.05) is 33.3 Å². The molecule has 1 aromatic carbocycles. The summed E-state index contributed by atoms with van der Waals surface area (Å²) in [5.74, 6) is 0.649. The molecule has 1 heterocycles. The van der Waals surface area contributed by atoms with Crippen LogP contribution in [0.4, 0.5) is 0 Å². The minimum absolute atomic E-state index is 0.00607. The van der Waals surface area contributed by atoms with E-state index < -0.39 is 0 Å². The molecule has 3 rings (SSSR count). The highest BCUT2D eigenvalue weighted by Crippen LogP contribution is 2.52. The lowest BCUT2D eigenvalue weighted by molar-refractivity contribution is -0.130. The average Bonchev–Trinajstić information content (AvgIpc) is 2.61.